The summed E-state index contributed by atoms with van der Waals surface area (Å²) in [6, 6.07) is 0.469. The predicted octanol–water partition coefficient (Wildman–Crippen LogP) is 2.20. The highest BCUT2D eigenvalue weighted by Crippen LogP contribution is 2.29. The molecule has 1 aliphatic heterocycles. The van der Waals surface area contributed by atoms with E-state index >= 15 is 0 Å². The van der Waals surface area contributed by atoms with Crippen molar-refractivity contribution in [3.8, 4) is 0 Å². The third-order valence-electron chi connectivity index (χ3n) is 4.49. The highest BCUT2D eigenvalue weighted by molar-refractivity contribution is 5.80. The topological polar surface area (TPSA) is 40.6 Å². The summed E-state index contributed by atoms with van der Waals surface area (Å²) < 4.78 is 0. The fraction of sp³-hybridized carbons (Fsp3) is 0.750. The van der Waals surface area contributed by atoms with Crippen molar-refractivity contribution in [2.75, 3.05) is 20.1 Å². The van der Waals surface area contributed by atoms with Crippen LogP contribution in [-0.4, -0.2) is 47.8 Å². The van der Waals surface area contributed by atoms with Crippen LogP contribution in [0.25, 0.3) is 0 Å². The number of rotatable bonds is 5. The van der Waals surface area contributed by atoms with Crippen molar-refractivity contribution in [3.63, 3.8) is 0 Å². The van der Waals surface area contributed by atoms with E-state index in [1.54, 1.807) is 4.90 Å². The SMILES string of the molecule is C/C=C/CC(=O)N(C)C[C@@H]1CC(=O)N(C2CCCC2)C1. The van der Waals surface area contributed by atoms with Crippen LogP contribution in [-0.2, 0) is 9.59 Å². The van der Waals surface area contributed by atoms with Gasteiger partial charge in [-0.05, 0) is 19.8 Å². The van der Waals surface area contributed by atoms with Crippen molar-refractivity contribution in [1.29, 1.82) is 0 Å². The molecule has 112 valence electrons. The van der Waals surface area contributed by atoms with Crippen LogP contribution in [0.15, 0.2) is 12.2 Å². The van der Waals surface area contributed by atoms with Crippen LogP contribution in [0.4, 0.5) is 0 Å². The lowest BCUT2D eigenvalue weighted by molar-refractivity contribution is -0.130. The summed E-state index contributed by atoms with van der Waals surface area (Å²) in [5.74, 6) is 0.730. The second kappa shape index (κ2) is 6.91. The Kier molecular flexibility index (Phi) is 5.21. The molecule has 0 radical (unpaired) electrons. The van der Waals surface area contributed by atoms with E-state index in [9.17, 15) is 9.59 Å². The lowest BCUT2D eigenvalue weighted by Crippen LogP contribution is -2.36. The van der Waals surface area contributed by atoms with Crippen molar-refractivity contribution in [1.82, 2.24) is 9.80 Å². The van der Waals surface area contributed by atoms with E-state index < -0.39 is 0 Å². The van der Waals surface area contributed by atoms with Crippen molar-refractivity contribution >= 4 is 11.8 Å². The van der Waals surface area contributed by atoms with Gasteiger partial charge in [-0.3, -0.25) is 9.59 Å². The minimum atomic E-state index is 0.134. The highest BCUT2D eigenvalue weighted by atomic mass is 16.2. The van der Waals surface area contributed by atoms with Crippen molar-refractivity contribution in [2.45, 2.75) is 51.5 Å². The van der Waals surface area contributed by atoms with Gasteiger partial charge in [-0.25, -0.2) is 0 Å². The Morgan fingerprint density at radius 3 is 2.75 bits per heavy atom. The molecule has 0 unspecified atom stereocenters. The van der Waals surface area contributed by atoms with Gasteiger partial charge in [-0.15, -0.1) is 0 Å². The largest absolute Gasteiger partial charge is 0.345 e. The molecule has 0 N–H and O–H groups in total. The third kappa shape index (κ3) is 3.62. The molecule has 1 atom stereocenters. The second-order valence-corrected chi connectivity index (χ2v) is 6.10. The van der Waals surface area contributed by atoms with Crippen LogP contribution in [0.2, 0.25) is 0 Å². The smallest absolute Gasteiger partial charge is 0.226 e. The number of carbonyl (C=O) groups excluding carboxylic acids is 2. The van der Waals surface area contributed by atoms with Crippen LogP contribution < -0.4 is 0 Å². The summed E-state index contributed by atoms with van der Waals surface area (Å²) in [6.07, 6.45) is 9.67. The number of nitrogens with zero attached hydrogens (tertiary/aromatic N) is 2. The Balaban J connectivity index is 1.82. The minimum absolute atomic E-state index is 0.134. The first kappa shape index (κ1) is 15.1. The maximum atomic E-state index is 12.1. The van der Waals surface area contributed by atoms with Gasteiger partial charge in [-0.2, -0.15) is 0 Å². The maximum absolute atomic E-state index is 12.1. The molecule has 1 aliphatic carbocycles. The highest BCUT2D eigenvalue weighted by Gasteiger charge is 2.36. The zero-order chi connectivity index (χ0) is 14.5. The lowest BCUT2D eigenvalue weighted by atomic mass is 10.1. The molecule has 2 rings (SSSR count). The van der Waals surface area contributed by atoms with Crippen molar-refractivity contribution < 1.29 is 9.59 Å². The Morgan fingerprint density at radius 2 is 2.10 bits per heavy atom. The number of amides is 2. The first-order valence-corrected chi connectivity index (χ1v) is 7.76. The number of carbonyl (C=O) groups is 2. The third-order valence-corrected chi connectivity index (χ3v) is 4.49. The van der Waals surface area contributed by atoms with Gasteiger partial charge in [0.05, 0.1) is 0 Å². The molecule has 2 aliphatic rings. The first-order valence-electron chi connectivity index (χ1n) is 7.76. The normalized spacial score (nSPS) is 24.0. The average Bonchev–Trinajstić information content (AvgIpc) is 3.05. The van der Waals surface area contributed by atoms with Gasteiger partial charge < -0.3 is 9.80 Å². The quantitative estimate of drug-likeness (QED) is 0.723. The Labute approximate surface area is 121 Å². The van der Waals surface area contributed by atoms with Crippen LogP contribution in [0.3, 0.4) is 0 Å². The zero-order valence-corrected chi connectivity index (χ0v) is 12.7. The fourth-order valence-electron chi connectivity index (χ4n) is 3.36. The average molecular weight is 278 g/mol. The zero-order valence-electron chi connectivity index (χ0n) is 12.7. The lowest BCUT2D eigenvalue weighted by Gasteiger charge is -2.25. The molecule has 1 saturated heterocycles. The Bertz CT molecular complexity index is 386. The van der Waals surface area contributed by atoms with E-state index in [2.05, 4.69) is 4.90 Å². The Hall–Kier alpha value is -1.32. The molecule has 0 spiro atoms. The van der Waals surface area contributed by atoms with Crippen LogP contribution >= 0.6 is 0 Å². The first-order chi connectivity index (χ1) is 9.61. The molecule has 4 heteroatoms. The summed E-state index contributed by atoms with van der Waals surface area (Å²) in [5, 5.41) is 0. The van der Waals surface area contributed by atoms with Crippen LogP contribution in [0.5, 0.6) is 0 Å². The molecule has 1 heterocycles. The summed E-state index contributed by atoms with van der Waals surface area (Å²) in [7, 11) is 1.84. The molecule has 0 aromatic heterocycles. The van der Waals surface area contributed by atoms with Crippen molar-refractivity contribution in [3.05, 3.63) is 12.2 Å². The second-order valence-electron chi connectivity index (χ2n) is 6.10. The molecular weight excluding hydrogens is 252 g/mol. The predicted molar refractivity (Wildman–Crippen MR) is 79.1 cm³/mol. The molecule has 1 saturated carbocycles. The van der Waals surface area contributed by atoms with Crippen LogP contribution in [0, 0.1) is 5.92 Å². The molecule has 0 aromatic carbocycles. The van der Waals surface area contributed by atoms with Gasteiger partial charge in [0, 0.05) is 44.9 Å². The van der Waals surface area contributed by atoms with E-state index in [0.717, 1.165) is 19.4 Å². The van der Waals surface area contributed by atoms with E-state index in [1.165, 1.54) is 12.8 Å². The van der Waals surface area contributed by atoms with Gasteiger partial charge in [0.1, 0.15) is 0 Å². The number of hydrogen-bond acceptors (Lipinski definition) is 2. The number of hydrogen-bond donors (Lipinski definition) is 0. The van der Waals surface area contributed by atoms with E-state index in [0.29, 0.717) is 31.3 Å². The fourth-order valence-corrected chi connectivity index (χ4v) is 3.36. The van der Waals surface area contributed by atoms with Crippen LogP contribution in [0.1, 0.15) is 45.4 Å². The van der Waals surface area contributed by atoms with Gasteiger partial charge >= 0.3 is 0 Å². The Morgan fingerprint density at radius 1 is 1.40 bits per heavy atom. The summed E-state index contributed by atoms with van der Waals surface area (Å²) in [4.78, 5) is 27.8. The van der Waals surface area contributed by atoms with E-state index in [4.69, 9.17) is 0 Å². The van der Waals surface area contributed by atoms with Gasteiger partial charge in [-0.1, -0.05) is 25.0 Å². The summed E-state index contributed by atoms with van der Waals surface area (Å²) in [5.41, 5.74) is 0. The summed E-state index contributed by atoms with van der Waals surface area (Å²) in [6.45, 7) is 3.46. The molecule has 2 amide bonds. The molecule has 2 fully saturated rings. The standard InChI is InChI=1S/C16H26N2O2/c1-3-4-9-15(19)17(2)11-13-10-16(20)18(12-13)14-7-5-6-8-14/h3-4,13-14H,5-12H2,1-2H3/b4-3+/t13-/m0/s1. The van der Waals surface area contributed by atoms with Gasteiger partial charge in [0.25, 0.3) is 0 Å². The number of allylic oxidation sites excluding steroid dienone is 1. The van der Waals surface area contributed by atoms with Crippen molar-refractivity contribution in [2.24, 2.45) is 5.92 Å². The van der Waals surface area contributed by atoms with E-state index in [1.807, 2.05) is 26.1 Å². The minimum Gasteiger partial charge on any atom is -0.345 e. The van der Waals surface area contributed by atoms with E-state index in [-0.39, 0.29) is 11.8 Å². The summed E-state index contributed by atoms with van der Waals surface area (Å²) >= 11 is 0. The molecular formula is C16H26N2O2. The molecule has 20 heavy (non-hydrogen) atoms. The maximum Gasteiger partial charge on any atom is 0.226 e. The van der Waals surface area contributed by atoms with Gasteiger partial charge in [0.2, 0.25) is 11.8 Å². The molecule has 4 nitrogen and oxygen atoms in total. The van der Waals surface area contributed by atoms with Gasteiger partial charge in [0.15, 0.2) is 0 Å². The number of likely N-dealkylation sites (tertiary alicyclic amines) is 1. The molecule has 0 aromatic rings. The molecule has 0 bridgehead atoms. The monoisotopic (exact) mass is 278 g/mol.